The monoisotopic (exact) mass is 288 g/mol. The van der Waals surface area contributed by atoms with Crippen molar-refractivity contribution in [1.82, 2.24) is 0 Å². The lowest BCUT2D eigenvalue weighted by atomic mass is 10.2. The highest BCUT2D eigenvalue weighted by atomic mass is 32.1. The molecule has 0 radical (unpaired) electrons. The van der Waals surface area contributed by atoms with Crippen molar-refractivity contribution in [3.05, 3.63) is 46.7 Å². The largest absolute Gasteiger partial charge is 0.369 e. The van der Waals surface area contributed by atoms with Crippen molar-refractivity contribution in [2.45, 2.75) is 26.8 Å². The molecule has 0 atom stereocenters. The first-order valence-corrected chi connectivity index (χ1v) is 7.71. The van der Waals surface area contributed by atoms with Gasteiger partial charge in [-0.25, -0.2) is 0 Å². The molecule has 0 saturated heterocycles. The van der Waals surface area contributed by atoms with Crippen LogP contribution in [0.3, 0.4) is 0 Å². The minimum atomic E-state index is -0.0519. The lowest BCUT2D eigenvalue weighted by Crippen LogP contribution is -2.30. The van der Waals surface area contributed by atoms with Gasteiger partial charge in [-0.1, -0.05) is 6.07 Å². The molecule has 1 N–H and O–H groups in total. The van der Waals surface area contributed by atoms with Gasteiger partial charge in [0.05, 0.1) is 4.88 Å². The van der Waals surface area contributed by atoms with Gasteiger partial charge < -0.3 is 10.2 Å². The van der Waals surface area contributed by atoms with Gasteiger partial charge in [-0.3, -0.25) is 4.79 Å². The van der Waals surface area contributed by atoms with Gasteiger partial charge in [0.25, 0.3) is 5.91 Å². The first-order valence-electron chi connectivity index (χ1n) is 6.83. The summed E-state index contributed by atoms with van der Waals surface area (Å²) in [7, 11) is 0. The zero-order chi connectivity index (χ0) is 14.5. The number of thiophene rings is 1. The van der Waals surface area contributed by atoms with E-state index in [1.807, 2.05) is 41.8 Å². The second-order valence-electron chi connectivity index (χ2n) is 4.86. The molecule has 0 saturated carbocycles. The number of amides is 1. The van der Waals surface area contributed by atoms with Gasteiger partial charge in [0, 0.05) is 24.0 Å². The maximum Gasteiger partial charge on any atom is 0.265 e. The van der Waals surface area contributed by atoms with Crippen LogP contribution in [0.4, 0.5) is 11.4 Å². The molecule has 0 fully saturated rings. The van der Waals surface area contributed by atoms with Crippen LogP contribution < -0.4 is 10.2 Å². The van der Waals surface area contributed by atoms with Crippen molar-refractivity contribution >= 4 is 28.6 Å². The van der Waals surface area contributed by atoms with Gasteiger partial charge in [-0.05, 0) is 56.5 Å². The summed E-state index contributed by atoms with van der Waals surface area (Å²) in [6.07, 6.45) is 0. The van der Waals surface area contributed by atoms with Crippen LogP contribution in [0, 0.1) is 0 Å². The molecule has 2 aromatic rings. The normalized spacial score (nSPS) is 10.6. The predicted molar refractivity (Wildman–Crippen MR) is 86.9 cm³/mol. The van der Waals surface area contributed by atoms with Crippen molar-refractivity contribution in [1.29, 1.82) is 0 Å². The first-order chi connectivity index (χ1) is 9.61. The molecule has 0 aliphatic rings. The molecule has 3 nitrogen and oxygen atoms in total. The standard InChI is InChI=1S/C16H20N2OS/c1-4-18(12(2)3)14-9-7-13(8-10-14)17-16(19)15-6-5-11-20-15/h5-12H,4H2,1-3H3,(H,17,19). The number of hydrogen-bond acceptors (Lipinski definition) is 3. The number of hydrogen-bond donors (Lipinski definition) is 1. The molecule has 1 aromatic carbocycles. The molecule has 20 heavy (non-hydrogen) atoms. The van der Waals surface area contributed by atoms with E-state index in [-0.39, 0.29) is 5.91 Å². The van der Waals surface area contributed by atoms with E-state index < -0.39 is 0 Å². The SMILES string of the molecule is CCN(c1ccc(NC(=O)c2cccs2)cc1)C(C)C. The second-order valence-corrected chi connectivity index (χ2v) is 5.81. The number of nitrogens with zero attached hydrogens (tertiary/aromatic N) is 1. The molecule has 0 spiro atoms. The van der Waals surface area contributed by atoms with E-state index in [0.717, 1.165) is 17.1 Å². The average molecular weight is 288 g/mol. The van der Waals surface area contributed by atoms with Gasteiger partial charge in [0.15, 0.2) is 0 Å². The lowest BCUT2D eigenvalue weighted by molar-refractivity contribution is 0.103. The Hall–Kier alpha value is -1.81. The summed E-state index contributed by atoms with van der Waals surface area (Å²) in [6.45, 7) is 7.47. The zero-order valence-electron chi connectivity index (χ0n) is 12.1. The van der Waals surface area contributed by atoms with Gasteiger partial charge in [-0.15, -0.1) is 11.3 Å². The molecule has 1 amide bonds. The van der Waals surface area contributed by atoms with Gasteiger partial charge in [0.1, 0.15) is 0 Å². The van der Waals surface area contributed by atoms with Crippen LogP contribution in [0.2, 0.25) is 0 Å². The van der Waals surface area contributed by atoms with E-state index in [0.29, 0.717) is 6.04 Å². The third-order valence-corrected chi connectivity index (χ3v) is 4.03. The fraction of sp³-hybridized carbons (Fsp3) is 0.312. The van der Waals surface area contributed by atoms with E-state index in [4.69, 9.17) is 0 Å². The van der Waals surface area contributed by atoms with E-state index in [1.165, 1.54) is 17.0 Å². The van der Waals surface area contributed by atoms with Crippen LogP contribution in [-0.4, -0.2) is 18.5 Å². The van der Waals surface area contributed by atoms with Crippen molar-refractivity contribution in [2.24, 2.45) is 0 Å². The van der Waals surface area contributed by atoms with Gasteiger partial charge in [0.2, 0.25) is 0 Å². The molecule has 106 valence electrons. The highest BCUT2D eigenvalue weighted by Gasteiger charge is 2.09. The Morgan fingerprint density at radius 2 is 1.95 bits per heavy atom. The van der Waals surface area contributed by atoms with Crippen LogP contribution in [0.15, 0.2) is 41.8 Å². The lowest BCUT2D eigenvalue weighted by Gasteiger charge is -2.27. The quantitative estimate of drug-likeness (QED) is 0.892. The minimum Gasteiger partial charge on any atom is -0.369 e. The summed E-state index contributed by atoms with van der Waals surface area (Å²) < 4.78 is 0. The maximum atomic E-state index is 11.9. The summed E-state index contributed by atoms with van der Waals surface area (Å²) in [5.41, 5.74) is 2.00. The first kappa shape index (κ1) is 14.6. The summed E-state index contributed by atoms with van der Waals surface area (Å²) in [4.78, 5) is 15.0. The molecule has 4 heteroatoms. The van der Waals surface area contributed by atoms with Crippen molar-refractivity contribution in [3.8, 4) is 0 Å². The predicted octanol–water partition coefficient (Wildman–Crippen LogP) is 4.24. The highest BCUT2D eigenvalue weighted by Crippen LogP contribution is 2.20. The number of carbonyl (C=O) groups excluding carboxylic acids is 1. The van der Waals surface area contributed by atoms with Crippen molar-refractivity contribution < 1.29 is 4.79 Å². The highest BCUT2D eigenvalue weighted by molar-refractivity contribution is 7.12. The van der Waals surface area contributed by atoms with E-state index in [9.17, 15) is 4.79 Å². The van der Waals surface area contributed by atoms with E-state index in [1.54, 1.807) is 0 Å². The molecule has 2 rings (SSSR count). The summed E-state index contributed by atoms with van der Waals surface area (Å²) >= 11 is 1.45. The second kappa shape index (κ2) is 6.57. The third kappa shape index (κ3) is 3.39. The Labute approximate surface area is 124 Å². The average Bonchev–Trinajstić information content (AvgIpc) is 2.95. The third-order valence-electron chi connectivity index (χ3n) is 3.17. The molecular weight excluding hydrogens is 268 g/mol. The summed E-state index contributed by atoms with van der Waals surface area (Å²) in [6, 6.07) is 12.2. The van der Waals surface area contributed by atoms with Crippen LogP contribution in [-0.2, 0) is 0 Å². The van der Waals surface area contributed by atoms with Crippen LogP contribution in [0.25, 0.3) is 0 Å². The van der Waals surface area contributed by atoms with Crippen LogP contribution >= 0.6 is 11.3 Å². The Morgan fingerprint density at radius 3 is 2.45 bits per heavy atom. The number of benzene rings is 1. The Balaban J connectivity index is 2.07. The maximum absolute atomic E-state index is 11.9. The molecule has 0 bridgehead atoms. The number of nitrogens with one attached hydrogen (secondary N) is 1. The van der Waals surface area contributed by atoms with Crippen molar-refractivity contribution in [2.75, 3.05) is 16.8 Å². The van der Waals surface area contributed by atoms with Gasteiger partial charge >= 0.3 is 0 Å². The summed E-state index contributed by atoms with van der Waals surface area (Å²) in [5, 5.41) is 4.81. The van der Waals surface area contributed by atoms with Gasteiger partial charge in [-0.2, -0.15) is 0 Å². The van der Waals surface area contributed by atoms with Crippen LogP contribution in [0.5, 0.6) is 0 Å². The molecule has 1 aromatic heterocycles. The number of carbonyl (C=O) groups is 1. The zero-order valence-corrected chi connectivity index (χ0v) is 12.9. The molecular formula is C16H20N2OS. The number of rotatable bonds is 5. The fourth-order valence-electron chi connectivity index (χ4n) is 2.18. The van der Waals surface area contributed by atoms with E-state index >= 15 is 0 Å². The minimum absolute atomic E-state index is 0.0519. The Kier molecular flexibility index (Phi) is 4.79. The fourth-order valence-corrected chi connectivity index (χ4v) is 2.80. The molecule has 1 heterocycles. The number of anilines is 2. The topological polar surface area (TPSA) is 32.3 Å². The van der Waals surface area contributed by atoms with Crippen molar-refractivity contribution in [3.63, 3.8) is 0 Å². The Morgan fingerprint density at radius 1 is 1.25 bits per heavy atom. The molecule has 0 aliphatic heterocycles. The van der Waals surface area contributed by atoms with E-state index in [2.05, 4.69) is 31.0 Å². The van der Waals surface area contributed by atoms with Crippen LogP contribution in [0.1, 0.15) is 30.4 Å². The smallest absolute Gasteiger partial charge is 0.265 e. The Bertz CT molecular complexity index is 546. The summed E-state index contributed by atoms with van der Waals surface area (Å²) in [5.74, 6) is -0.0519. The molecule has 0 aliphatic carbocycles. The molecule has 0 unspecified atom stereocenters.